The fourth-order valence-electron chi connectivity index (χ4n) is 2.68. The van der Waals surface area contributed by atoms with Gasteiger partial charge in [-0.1, -0.05) is 0 Å². The van der Waals surface area contributed by atoms with Crippen LogP contribution in [0.3, 0.4) is 0 Å². The number of halogens is 4. The predicted molar refractivity (Wildman–Crippen MR) is 88.0 cm³/mol. The van der Waals surface area contributed by atoms with Crippen molar-refractivity contribution in [3.8, 4) is 0 Å². The van der Waals surface area contributed by atoms with Crippen LogP contribution in [-0.4, -0.2) is 70.4 Å². The zero-order valence-corrected chi connectivity index (χ0v) is 14.9. The van der Waals surface area contributed by atoms with E-state index in [1.165, 1.54) is 0 Å². The maximum absolute atomic E-state index is 10.4. The van der Waals surface area contributed by atoms with Crippen LogP contribution in [0.5, 0.6) is 0 Å². The third kappa shape index (κ3) is 5.25. The van der Waals surface area contributed by atoms with Gasteiger partial charge in [0.25, 0.3) is 0 Å². The molecule has 0 aromatic heterocycles. The van der Waals surface area contributed by atoms with E-state index < -0.39 is 30.3 Å². The van der Waals surface area contributed by atoms with Gasteiger partial charge < -0.3 is 20.1 Å². The maximum Gasteiger partial charge on any atom is 0.0830 e. The van der Waals surface area contributed by atoms with Gasteiger partial charge in [-0.2, -0.15) is 0 Å². The fourth-order valence-corrected chi connectivity index (χ4v) is 3.58. The molecule has 0 radical (unpaired) electrons. The summed E-state index contributed by atoms with van der Waals surface area (Å²) in [6.45, 7) is -0.750. The minimum Gasteiger partial charge on any atom is -0.395 e. The lowest BCUT2D eigenvalue weighted by molar-refractivity contribution is -0.210. The van der Waals surface area contributed by atoms with Crippen LogP contribution >= 0.6 is 46.4 Å². The molecule has 0 aromatic carbocycles. The highest BCUT2D eigenvalue weighted by Gasteiger charge is 2.55. The summed E-state index contributed by atoms with van der Waals surface area (Å²) in [5, 5.41) is 30.2. The largest absolute Gasteiger partial charge is 0.395 e. The Morgan fingerprint density at radius 1 is 0.857 bits per heavy atom. The van der Waals surface area contributed by atoms with E-state index in [0.29, 0.717) is 12.8 Å². The van der Waals surface area contributed by atoms with Gasteiger partial charge in [0.15, 0.2) is 0 Å². The molecule has 0 aliphatic carbocycles. The van der Waals surface area contributed by atoms with Gasteiger partial charge in [0.2, 0.25) is 0 Å². The average Bonchev–Trinajstić information content (AvgIpc) is 2.47. The molecule has 0 fully saturated rings. The van der Waals surface area contributed by atoms with Crippen LogP contribution in [0, 0.1) is 5.41 Å². The Morgan fingerprint density at radius 3 is 1.71 bits per heavy atom. The molecule has 128 valence electrons. The van der Waals surface area contributed by atoms with E-state index in [1.807, 2.05) is 0 Å². The first-order valence-corrected chi connectivity index (χ1v) is 8.95. The first-order chi connectivity index (χ1) is 10.0. The molecule has 0 amide bonds. The van der Waals surface area contributed by atoms with Crippen molar-refractivity contribution in [3.05, 3.63) is 0 Å². The highest BCUT2D eigenvalue weighted by atomic mass is 35.5. The molecular formula is C13H24Cl4O4. The highest BCUT2D eigenvalue weighted by Crippen LogP contribution is 2.44. The summed E-state index contributed by atoms with van der Waals surface area (Å²) in [5.41, 5.74) is -2.38. The lowest BCUT2D eigenvalue weighted by atomic mass is 9.65. The van der Waals surface area contributed by atoms with Crippen molar-refractivity contribution in [3.63, 3.8) is 0 Å². The van der Waals surface area contributed by atoms with Crippen molar-refractivity contribution in [2.24, 2.45) is 5.41 Å². The molecule has 8 heteroatoms. The zero-order chi connectivity index (χ0) is 16.4. The molecule has 0 spiro atoms. The molecule has 0 saturated carbocycles. The number of aliphatic hydroxyl groups is 3. The SMILES string of the molecule is OCC(CO)(C(O)CCCl)C(CCCl)(CCCl)OCCCl. The number of hydrogen-bond acceptors (Lipinski definition) is 4. The third-order valence-electron chi connectivity index (χ3n) is 3.94. The van der Waals surface area contributed by atoms with E-state index in [9.17, 15) is 15.3 Å². The molecule has 1 atom stereocenters. The van der Waals surface area contributed by atoms with Gasteiger partial charge in [-0.15, -0.1) is 46.4 Å². The van der Waals surface area contributed by atoms with Crippen molar-refractivity contribution >= 4 is 46.4 Å². The predicted octanol–water partition coefficient (Wildman–Crippen LogP) is 2.20. The normalized spacial score (nSPS) is 14.4. The molecule has 0 aliphatic heterocycles. The van der Waals surface area contributed by atoms with Crippen LogP contribution in [0.2, 0.25) is 0 Å². The average molecular weight is 386 g/mol. The van der Waals surface area contributed by atoms with Gasteiger partial charge in [0.1, 0.15) is 0 Å². The fraction of sp³-hybridized carbons (Fsp3) is 1.00. The van der Waals surface area contributed by atoms with E-state index in [1.54, 1.807) is 0 Å². The molecular weight excluding hydrogens is 362 g/mol. The Hall–Kier alpha value is 1.00. The summed E-state index contributed by atoms with van der Waals surface area (Å²) in [6, 6.07) is 0. The number of alkyl halides is 4. The Bertz CT molecular complexity index is 259. The number of aliphatic hydroxyl groups excluding tert-OH is 3. The first-order valence-electron chi connectivity index (χ1n) is 6.81. The van der Waals surface area contributed by atoms with E-state index in [-0.39, 0.29) is 36.5 Å². The van der Waals surface area contributed by atoms with Crippen molar-refractivity contribution in [2.75, 3.05) is 43.3 Å². The number of rotatable bonds is 13. The van der Waals surface area contributed by atoms with Crippen molar-refractivity contribution < 1.29 is 20.1 Å². The van der Waals surface area contributed by atoms with Crippen molar-refractivity contribution in [2.45, 2.75) is 31.0 Å². The van der Waals surface area contributed by atoms with Gasteiger partial charge in [0, 0.05) is 23.5 Å². The second kappa shape index (κ2) is 11.5. The second-order valence-electron chi connectivity index (χ2n) is 4.88. The maximum atomic E-state index is 10.4. The Kier molecular flexibility index (Phi) is 12.1. The topological polar surface area (TPSA) is 69.9 Å². The summed E-state index contributed by atoms with van der Waals surface area (Å²) in [5.74, 6) is 0.893. The minimum absolute atomic E-state index is 0.191. The summed E-state index contributed by atoms with van der Waals surface area (Å²) in [7, 11) is 0. The van der Waals surface area contributed by atoms with Crippen molar-refractivity contribution in [1.29, 1.82) is 0 Å². The Morgan fingerprint density at radius 2 is 1.38 bits per heavy atom. The van der Waals surface area contributed by atoms with E-state index in [4.69, 9.17) is 51.1 Å². The second-order valence-corrected chi connectivity index (χ2v) is 6.39. The summed E-state index contributed by atoms with van der Waals surface area (Å²) < 4.78 is 5.85. The highest BCUT2D eigenvalue weighted by molar-refractivity contribution is 6.18. The molecule has 0 aromatic rings. The monoisotopic (exact) mass is 384 g/mol. The minimum atomic E-state index is -1.31. The van der Waals surface area contributed by atoms with Gasteiger partial charge in [-0.3, -0.25) is 0 Å². The molecule has 4 nitrogen and oxygen atoms in total. The third-order valence-corrected chi connectivity index (χ3v) is 4.69. The van der Waals surface area contributed by atoms with E-state index >= 15 is 0 Å². The first kappa shape index (κ1) is 22.0. The number of hydrogen-bond donors (Lipinski definition) is 3. The van der Waals surface area contributed by atoms with Crippen LogP contribution in [0.25, 0.3) is 0 Å². The molecule has 3 N–H and O–H groups in total. The summed E-state index contributed by atoms with van der Waals surface area (Å²) in [4.78, 5) is 0. The molecule has 0 saturated heterocycles. The Labute approximate surface area is 146 Å². The molecule has 0 heterocycles. The van der Waals surface area contributed by atoms with Gasteiger partial charge in [0.05, 0.1) is 36.9 Å². The van der Waals surface area contributed by atoms with Crippen LogP contribution in [0.15, 0.2) is 0 Å². The van der Waals surface area contributed by atoms with Crippen LogP contribution in [0.1, 0.15) is 19.3 Å². The molecule has 0 rings (SSSR count). The quantitative estimate of drug-likeness (QED) is 0.425. The molecule has 0 bridgehead atoms. The van der Waals surface area contributed by atoms with Gasteiger partial charge >= 0.3 is 0 Å². The van der Waals surface area contributed by atoms with Crippen LogP contribution < -0.4 is 0 Å². The van der Waals surface area contributed by atoms with Gasteiger partial charge in [-0.05, 0) is 19.3 Å². The molecule has 0 aliphatic rings. The zero-order valence-electron chi connectivity index (χ0n) is 11.9. The van der Waals surface area contributed by atoms with Crippen LogP contribution in [0.4, 0.5) is 0 Å². The lowest BCUT2D eigenvalue weighted by Gasteiger charge is -2.51. The summed E-state index contributed by atoms with van der Waals surface area (Å²) in [6.07, 6.45) is -0.206. The molecule has 21 heavy (non-hydrogen) atoms. The standard InChI is InChI=1S/C13H24Cl4O4/c14-4-1-11(20)12(9-18,10-19)13(2-5-15,3-6-16)21-8-7-17/h11,18-20H,1-10H2. The smallest absolute Gasteiger partial charge is 0.0830 e. The van der Waals surface area contributed by atoms with Gasteiger partial charge in [-0.25, -0.2) is 0 Å². The van der Waals surface area contributed by atoms with E-state index in [2.05, 4.69) is 0 Å². The number of ether oxygens (including phenoxy) is 1. The molecule has 1 unspecified atom stereocenters. The Balaban J connectivity index is 5.71. The summed E-state index contributed by atoms with van der Waals surface area (Å²) >= 11 is 23.1. The van der Waals surface area contributed by atoms with Crippen LogP contribution in [-0.2, 0) is 4.74 Å². The van der Waals surface area contributed by atoms with E-state index in [0.717, 1.165) is 0 Å². The van der Waals surface area contributed by atoms with Crippen molar-refractivity contribution in [1.82, 2.24) is 0 Å². The lowest BCUT2D eigenvalue weighted by Crippen LogP contribution is -2.61.